The van der Waals surface area contributed by atoms with Gasteiger partial charge in [0.2, 0.25) is 0 Å². The molecule has 0 radical (unpaired) electrons. The predicted octanol–water partition coefficient (Wildman–Crippen LogP) is 7.30. The number of rotatable bonds is 8. The average molecular weight is 617 g/mol. The minimum atomic E-state index is -0.723. The molecule has 0 aromatic heterocycles. The molecule has 0 bridgehead atoms. The van der Waals surface area contributed by atoms with E-state index in [-0.39, 0.29) is 22.7 Å². The number of anilines is 1. The quantitative estimate of drug-likeness (QED) is 0.0941. The van der Waals surface area contributed by atoms with Gasteiger partial charge in [0, 0.05) is 18.3 Å². The fraction of sp³-hybridized carbons (Fsp3) is 0.0645. The number of nitrogens with zero attached hydrogens (tertiary/aromatic N) is 1. The molecular formula is C31H23BrFN3O3S. The molecule has 0 spiro atoms. The van der Waals surface area contributed by atoms with Gasteiger partial charge in [0.15, 0.2) is 16.7 Å². The standard InChI is InChI=1S/C31H23BrFN3O3S/c32-18-29(37)39-27-15-14-25(17-26(27)33)35-31-36-30(38)28(40-31)16-20-6-8-22(9-7-20)23-10-12-24(13-11-23)34-19-21-4-2-1-3-5-21/h1-17,34H,18-19H2,(H,35,36,38)/b28-16-. The van der Waals surface area contributed by atoms with Gasteiger partial charge >= 0.3 is 5.97 Å². The first kappa shape index (κ1) is 27.4. The second kappa shape index (κ2) is 12.8. The third-order valence-electron chi connectivity index (χ3n) is 5.90. The van der Waals surface area contributed by atoms with Crippen LogP contribution in [0.25, 0.3) is 17.2 Å². The Labute approximate surface area is 243 Å². The molecule has 40 heavy (non-hydrogen) atoms. The van der Waals surface area contributed by atoms with Crippen molar-refractivity contribution in [3.63, 3.8) is 0 Å². The number of benzene rings is 4. The fourth-order valence-corrected chi connectivity index (χ4v) is 4.85. The molecule has 1 amide bonds. The molecule has 4 aromatic carbocycles. The zero-order chi connectivity index (χ0) is 27.9. The van der Waals surface area contributed by atoms with Crippen molar-refractivity contribution in [3.05, 3.63) is 119 Å². The summed E-state index contributed by atoms with van der Waals surface area (Å²) in [5.41, 5.74) is 5.58. The van der Waals surface area contributed by atoms with E-state index in [4.69, 9.17) is 4.74 Å². The van der Waals surface area contributed by atoms with Crippen LogP contribution in [0.3, 0.4) is 0 Å². The molecule has 6 nitrogen and oxygen atoms in total. The number of carbonyl (C=O) groups is 2. The van der Waals surface area contributed by atoms with Gasteiger partial charge in [0.05, 0.1) is 10.6 Å². The molecule has 9 heteroatoms. The average Bonchev–Trinajstić information content (AvgIpc) is 3.32. The maximum atomic E-state index is 14.3. The Bertz CT molecular complexity index is 1590. The molecule has 0 unspecified atom stereocenters. The number of aliphatic imine (C=N–C) groups is 1. The molecular weight excluding hydrogens is 593 g/mol. The number of amidine groups is 1. The number of hydrogen-bond donors (Lipinski definition) is 2. The number of amides is 1. The maximum absolute atomic E-state index is 14.3. The summed E-state index contributed by atoms with van der Waals surface area (Å²) in [6, 6.07) is 30.4. The number of ether oxygens (including phenoxy) is 1. The highest BCUT2D eigenvalue weighted by atomic mass is 79.9. The second-order valence-corrected chi connectivity index (χ2v) is 10.3. The molecule has 0 saturated carbocycles. The van der Waals surface area contributed by atoms with Crippen molar-refractivity contribution >= 4 is 62.2 Å². The van der Waals surface area contributed by atoms with Crippen molar-refractivity contribution in [1.29, 1.82) is 0 Å². The van der Waals surface area contributed by atoms with Crippen LogP contribution in [0.2, 0.25) is 0 Å². The third-order valence-corrected chi connectivity index (χ3v) is 7.26. The molecule has 4 aromatic rings. The molecule has 0 atom stereocenters. The van der Waals surface area contributed by atoms with E-state index in [1.165, 1.54) is 29.5 Å². The Morgan fingerprint density at radius 1 is 0.975 bits per heavy atom. The van der Waals surface area contributed by atoms with Crippen molar-refractivity contribution in [2.24, 2.45) is 4.99 Å². The van der Waals surface area contributed by atoms with E-state index >= 15 is 0 Å². The molecule has 2 N–H and O–H groups in total. The summed E-state index contributed by atoms with van der Waals surface area (Å²) in [6.45, 7) is 0.763. The van der Waals surface area contributed by atoms with E-state index < -0.39 is 11.8 Å². The minimum Gasteiger partial charge on any atom is -0.423 e. The van der Waals surface area contributed by atoms with Crippen LogP contribution in [-0.2, 0) is 16.1 Å². The number of alkyl halides is 1. The van der Waals surface area contributed by atoms with E-state index in [2.05, 4.69) is 68.0 Å². The van der Waals surface area contributed by atoms with Crippen molar-refractivity contribution in [3.8, 4) is 16.9 Å². The topological polar surface area (TPSA) is 79.8 Å². The summed E-state index contributed by atoms with van der Waals surface area (Å²) in [6.07, 6.45) is 1.78. The Morgan fingerprint density at radius 2 is 1.68 bits per heavy atom. The summed E-state index contributed by atoms with van der Waals surface area (Å²) in [7, 11) is 0. The smallest absolute Gasteiger partial charge is 0.322 e. The number of esters is 1. The van der Waals surface area contributed by atoms with E-state index in [9.17, 15) is 14.0 Å². The molecule has 1 saturated heterocycles. The molecule has 1 fully saturated rings. The van der Waals surface area contributed by atoms with Crippen molar-refractivity contribution in [2.45, 2.75) is 6.54 Å². The maximum Gasteiger partial charge on any atom is 0.322 e. The highest BCUT2D eigenvalue weighted by Gasteiger charge is 2.24. The number of thioether (sulfide) groups is 1. The lowest BCUT2D eigenvalue weighted by molar-refractivity contribution is -0.131. The van der Waals surface area contributed by atoms with Gasteiger partial charge in [-0.1, -0.05) is 82.7 Å². The molecule has 5 rings (SSSR count). The molecule has 1 heterocycles. The number of carbonyl (C=O) groups excluding carboxylic acids is 2. The third kappa shape index (κ3) is 7.05. The van der Waals surface area contributed by atoms with Gasteiger partial charge in [-0.2, -0.15) is 0 Å². The summed E-state index contributed by atoms with van der Waals surface area (Å²) < 4.78 is 19.2. The van der Waals surface area contributed by atoms with Crippen LogP contribution in [-0.4, -0.2) is 22.4 Å². The number of nitrogens with one attached hydrogen (secondary N) is 2. The van der Waals surface area contributed by atoms with Crippen LogP contribution >= 0.6 is 27.7 Å². The normalized spacial score (nSPS) is 14.8. The van der Waals surface area contributed by atoms with E-state index in [0.29, 0.717) is 10.1 Å². The zero-order valence-corrected chi connectivity index (χ0v) is 23.5. The Hall–Kier alpha value is -4.21. The Morgan fingerprint density at radius 3 is 2.35 bits per heavy atom. The summed E-state index contributed by atoms with van der Waals surface area (Å²) in [5, 5.41) is 6.42. The SMILES string of the molecule is O=C(CBr)Oc1ccc(N=C2NC(=O)/C(=C/c3ccc(-c4ccc(NCc5ccccc5)cc4)cc3)S2)cc1F. The van der Waals surface area contributed by atoms with Crippen LogP contribution in [0.5, 0.6) is 5.75 Å². The van der Waals surface area contributed by atoms with Crippen molar-refractivity contribution in [2.75, 3.05) is 10.6 Å². The second-order valence-electron chi connectivity index (χ2n) is 8.74. The largest absolute Gasteiger partial charge is 0.423 e. The minimum absolute atomic E-state index is 0.0443. The molecule has 1 aliphatic heterocycles. The van der Waals surface area contributed by atoms with Gasteiger partial charge < -0.3 is 15.4 Å². The Kier molecular flexibility index (Phi) is 8.73. The van der Waals surface area contributed by atoms with Gasteiger partial charge in [0.1, 0.15) is 5.33 Å². The Balaban J connectivity index is 1.21. The lowest BCUT2D eigenvalue weighted by Crippen LogP contribution is -2.19. The fourth-order valence-electron chi connectivity index (χ4n) is 3.89. The van der Waals surface area contributed by atoms with Crippen molar-refractivity contribution in [1.82, 2.24) is 5.32 Å². The van der Waals surface area contributed by atoms with Crippen LogP contribution < -0.4 is 15.4 Å². The van der Waals surface area contributed by atoms with Crippen LogP contribution in [0, 0.1) is 5.82 Å². The van der Waals surface area contributed by atoms with Crippen LogP contribution in [0.4, 0.5) is 15.8 Å². The summed E-state index contributed by atoms with van der Waals surface area (Å²) in [4.78, 5) is 28.6. The van der Waals surface area contributed by atoms with Crippen LogP contribution in [0.1, 0.15) is 11.1 Å². The summed E-state index contributed by atoms with van der Waals surface area (Å²) >= 11 is 4.13. The van der Waals surface area contributed by atoms with Crippen LogP contribution in [0.15, 0.2) is 107 Å². The molecule has 200 valence electrons. The number of halogens is 2. The van der Waals surface area contributed by atoms with E-state index in [1.54, 1.807) is 6.08 Å². The van der Waals surface area contributed by atoms with Gasteiger partial charge in [-0.25, -0.2) is 9.38 Å². The highest BCUT2D eigenvalue weighted by molar-refractivity contribution is 9.09. The van der Waals surface area contributed by atoms with Crippen molar-refractivity contribution < 1.29 is 18.7 Å². The lowest BCUT2D eigenvalue weighted by atomic mass is 10.0. The highest BCUT2D eigenvalue weighted by Crippen LogP contribution is 2.30. The first-order chi connectivity index (χ1) is 19.5. The molecule has 1 aliphatic rings. The van der Waals surface area contributed by atoms with Gasteiger partial charge in [-0.3, -0.25) is 9.59 Å². The predicted molar refractivity (Wildman–Crippen MR) is 162 cm³/mol. The number of hydrogen-bond acceptors (Lipinski definition) is 6. The monoisotopic (exact) mass is 615 g/mol. The van der Waals surface area contributed by atoms with Gasteiger partial charge in [0.25, 0.3) is 5.91 Å². The molecule has 0 aliphatic carbocycles. The zero-order valence-electron chi connectivity index (χ0n) is 21.1. The lowest BCUT2D eigenvalue weighted by Gasteiger charge is -2.08. The van der Waals surface area contributed by atoms with E-state index in [0.717, 1.165) is 35.0 Å². The van der Waals surface area contributed by atoms with Gasteiger partial charge in [-0.15, -0.1) is 0 Å². The summed E-state index contributed by atoms with van der Waals surface area (Å²) in [5.74, 6) is -1.80. The first-order valence-corrected chi connectivity index (χ1v) is 14.2. The van der Waals surface area contributed by atoms with Gasteiger partial charge in [-0.05, 0) is 64.4 Å². The first-order valence-electron chi connectivity index (χ1n) is 12.3. The van der Waals surface area contributed by atoms with E-state index in [1.807, 2.05) is 42.5 Å².